The number of hydrogen-bond donors (Lipinski definition) is 2. The highest BCUT2D eigenvalue weighted by Gasteiger charge is 2.29. The summed E-state index contributed by atoms with van der Waals surface area (Å²) in [6.45, 7) is 8.08. The number of carbonyl (C=O) groups excluding carboxylic acids is 1. The molecule has 3 rings (SSSR count). The first-order valence-corrected chi connectivity index (χ1v) is 11.1. The fourth-order valence-electron chi connectivity index (χ4n) is 2.95. The van der Waals surface area contributed by atoms with E-state index in [1.54, 1.807) is 31.2 Å². The third-order valence-electron chi connectivity index (χ3n) is 4.99. The van der Waals surface area contributed by atoms with Crippen molar-refractivity contribution in [1.82, 2.24) is 4.72 Å². The molecular formula is C22H28N2O3S. The number of sulfonamides is 1. The highest BCUT2D eigenvalue weighted by Crippen LogP contribution is 2.30. The summed E-state index contributed by atoms with van der Waals surface area (Å²) in [6.07, 6.45) is 1.92. The van der Waals surface area contributed by atoms with E-state index in [1.165, 1.54) is 0 Å². The maximum atomic E-state index is 12.7. The van der Waals surface area contributed by atoms with E-state index in [-0.39, 0.29) is 28.2 Å². The molecule has 1 atom stereocenters. The third-order valence-corrected chi connectivity index (χ3v) is 6.55. The van der Waals surface area contributed by atoms with E-state index in [1.807, 2.05) is 24.3 Å². The van der Waals surface area contributed by atoms with Crippen molar-refractivity contribution in [2.75, 3.05) is 5.32 Å². The summed E-state index contributed by atoms with van der Waals surface area (Å²) in [5.74, 6) is 0.204. The van der Waals surface area contributed by atoms with Crippen LogP contribution in [0.3, 0.4) is 0 Å². The van der Waals surface area contributed by atoms with E-state index >= 15 is 0 Å². The Morgan fingerprint density at radius 2 is 1.57 bits per heavy atom. The van der Waals surface area contributed by atoms with Crippen molar-refractivity contribution in [3.63, 3.8) is 0 Å². The number of nitrogens with one attached hydrogen (secondary N) is 2. The molecule has 0 radical (unpaired) electrons. The summed E-state index contributed by atoms with van der Waals surface area (Å²) in [4.78, 5) is 12.1. The quantitative estimate of drug-likeness (QED) is 0.756. The number of rotatable bonds is 6. The van der Waals surface area contributed by atoms with Gasteiger partial charge in [0.05, 0.1) is 4.90 Å². The predicted octanol–water partition coefficient (Wildman–Crippen LogP) is 4.37. The lowest BCUT2D eigenvalue weighted by atomic mass is 9.87. The summed E-state index contributed by atoms with van der Waals surface area (Å²) in [7, 11) is -3.62. The van der Waals surface area contributed by atoms with Crippen LogP contribution in [0, 0.1) is 5.92 Å². The van der Waals surface area contributed by atoms with Crippen molar-refractivity contribution in [1.29, 1.82) is 0 Å². The maximum absolute atomic E-state index is 12.7. The Morgan fingerprint density at radius 3 is 2.07 bits per heavy atom. The number of benzene rings is 2. The highest BCUT2D eigenvalue weighted by molar-refractivity contribution is 7.89. The van der Waals surface area contributed by atoms with Crippen LogP contribution >= 0.6 is 0 Å². The monoisotopic (exact) mass is 400 g/mol. The molecule has 0 aliphatic heterocycles. The van der Waals surface area contributed by atoms with Crippen LogP contribution in [-0.4, -0.2) is 14.3 Å². The number of hydrogen-bond acceptors (Lipinski definition) is 3. The molecule has 1 fully saturated rings. The molecule has 150 valence electrons. The van der Waals surface area contributed by atoms with Gasteiger partial charge < -0.3 is 5.32 Å². The van der Waals surface area contributed by atoms with Crippen LogP contribution in [0.25, 0.3) is 0 Å². The second kappa shape index (κ2) is 7.68. The van der Waals surface area contributed by atoms with Crippen LogP contribution in [0.2, 0.25) is 0 Å². The zero-order valence-electron chi connectivity index (χ0n) is 16.8. The van der Waals surface area contributed by atoms with Crippen molar-refractivity contribution in [3.8, 4) is 0 Å². The van der Waals surface area contributed by atoms with Crippen LogP contribution < -0.4 is 10.0 Å². The fraction of sp³-hybridized carbons (Fsp3) is 0.409. The molecule has 1 amide bonds. The summed E-state index contributed by atoms with van der Waals surface area (Å²) in [5, 5.41) is 2.88. The van der Waals surface area contributed by atoms with Gasteiger partial charge in [-0.3, -0.25) is 4.79 Å². The van der Waals surface area contributed by atoms with Gasteiger partial charge in [0.25, 0.3) is 0 Å². The van der Waals surface area contributed by atoms with Gasteiger partial charge in [-0.2, -0.15) is 0 Å². The first-order chi connectivity index (χ1) is 13.1. The lowest BCUT2D eigenvalue weighted by molar-refractivity contribution is -0.117. The fourth-order valence-corrected chi connectivity index (χ4v) is 4.18. The molecular weight excluding hydrogens is 372 g/mol. The third kappa shape index (κ3) is 5.00. The average Bonchev–Trinajstić information content (AvgIpc) is 3.46. The molecule has 1 aliphatic carbocycles. The minimum atomic E-state index is -3.62. The van der Waals surface area contributed by atoms with Crippen LogP contribution in [0.4, 0.5) is 5.69 Å². The first kappa shape index (κ1) is 20.6. The smallest absolute Gasteiger partial charge is 0.241 e. The van der Waals surface area contributed by atoms with Gasteiger partial charge in [0.15, 0.2) is 0 Å². The summed E-state index contributed by atoms with van der Waals surface area (Å²) >= 11 is 0. The zero-order valence-corrected chi connectivity index (χ0v) is 17.6. The molecule has 2 aromatic rings. The van der Waals surface area contributed by atoms with Gasteiger partial charge in [-0.15, -0.1) is 0 Å². The average molecular weight is 401 g/mol. The van der Waals surface area contributed by atoms with E-state index in [0.29, 0.717) is 0 Å². The molecule has 28 heavy (non-hydrogen) atoms. The Labute approximate surface area is 167 Å². The second-order valence-electron chi connectivity index (χ2n) is 8.50. The molecule has 2 aromatic carbocycles. The normalized spacial score (nSPS) is 15.9. The number of carbonyl (C=O) groups is 1. The van der Waals surface area contributed by atoms with E-state index < -0.39 is 10.0 Å². The van der Waals surface area contributed by atoms with E-state index in [2.05, 4.69) is 30.8 Å². The molecule has 0 heterocycles. The largest absolute Gasteiger partial charge is 0.326 e. The summed E-state index contributed by atoms with van der Waals surface area (Å²) < 4.78 is 28.1. The van der Waals surface area contributed by atoms with Gasteiger partial charge in [-0.25, -0.2) is 13.1 Å². The molecule has 0 saturated heterocycles. The zero-order chi connectivity index (χ0) is 20.5. The Hall–Kier alpha value is -2.18. The van der Waals surface area contributed by atoms with E-state index in [9.17, 15) is 13.2 Å². The van der Waals surface area contributed by atoms with E-state index in [4.69, 9.17) is 0 Å². The lowest BCUT2D eigenvalue weighted by Gasteiger charge is -2.20. The Morgan fingerprint density at radius 1 is 1.00 bits per heavy atom. The van der Waals surface area contributed by atoms with Crippen molar-refractivity contribution in [3.05, 3.63) is 59.7 Å². The van der Waals surface area contributed by atoms with Gasteiger partial charge in [0.2, 0.25) is 15.9 Å². The highest BCUT2D eigenvalue weighted by atomic mass is 32.2. The minimum absolute atomic E-state index is 0.0281. The van der Waals surface area contributed by atoms with Gasteiger partial charge in [0, 0.05) is 17.6 Å². The standard InChI is InChI=1S/C22H28N2O3S/c1-15(16-7-11-19(12-8-16)23-21(25)17-5-6-17)24-28(26,27)20-13-9-18(10-14-20)22(2,3)4/h7-15,17,24H,5-6H2,1-4H3,(H,23,25). The predicted molar refractivity (Wildman–Crippen MR) is 112 cm³/mol. The van der Waals surface area contributed by atoms with Crippen molar-refractivity contribution >= 4 is 21.6 Å². The second-order valence-corrected chi connectivity index (χ2v) is 10.2. The van der Waals surface area contributed by atoms with Gasteiger partial charge in [-0.1, -0.05) is 45.0 Å². The first-order valence-electron chi connectivity index (χ1n) is 9.60. The van der Waals surface area contributed by atoms with Crippen LogP contribution in [-0.2, 0) is 20.2 Å². The Bertz CT molecular complexity index is 939. The van der Waals surface area contributed by atoms with Crippen molar-refractivity contribution in [2.24, 2.45) is 5.92 Å². The molecule has 0 spiro atoms. The van der Waals surface area contributed by atoms with Gasteiger partial charge in [-0.05, 0) is 60.6 Å². The van der Waals surface area contributed by atoms with E-state index in [0.717, 1.165) is 29.7 Å². The maximum Gasteiger partial charge on any atom is 0.241 e. The lowest BCUT2D eigenvalue weighted by Crippen LogP contribution is -2.27. The van der Waals surface area contributed by atoms with Crippen LogP contribution in [0.5, 0.6) is 0 Å². The molecule has 2 N–H and O–H groups in total. The van der Waals surface area contributed by atoms with Crippen molar-refractivity contribution in [2.45, 2.75) is 56.9 Å². The molecule has 1 aliphatic rings. The Balaban J connectivity index is 1.67. The Kier molecular flexibility index (Phi) is 5.64. The van der Waals surface area contributed by atoms with Gasteiger partial charge >= 0.3 is 0 Å². The molecule has 1 saturated carbocycles. The minimum Gasteiger partial charge on any atom is -0.326 e. The molecule has 0 aromatic heterocycles. The summed E-state index contributed by atoms with van der Waals surface area (Å²) in [6, 6.07) is 13.9. The van der Waals surface area contributed by atoms with Crippen molar-refractivity contribution < 1.29 is 13.2 Å². The number of amides is 1. The van der Waals surface area contributed by atoms with Gasteiger partial charge in [0.1, 0.15) is 0 Å². The molecule has 0 bridgehead atoms. The molecule has 6 heteroatoms. The number of anilines is 1. The van der Waals surface area contributed by atoms with Crippen LogP contribution in [0.1, 0.15) is 57.7 Å². The van der Waals surface area contributed by atoms with Crippen LogP contribution in [0.15, 0.2) is 53.4 Å². The molecule has 5 nitrogen and oxygen atoms in total. The topological polar surface area (TPSA) is 75.3 Å². The summed E-state index contributed by atoms with van der Waals surface area (Å²) in [5.41, 5.74) is 2.62. The molecule has 1 unspecified atom stereocenters. The SMILES string of the molecule is CC(NS(=O)(=O)c1ccc(C(C)(C)C)cc1)c1ccc(NC(=O)C2CC2)cc1.